The molecule has 0 amide bonds. The second-order valence-corrected chi connectivity index (χ2v) is 4.34. The Bertz CT molecular complexity index is 287. The third-order valence-electron chi connectivity index (χ3n) is 2.40. The first-order valence-electron chi connectivity index (χ1n) is 5.20. The van der Waals surface area contributed by atoms with Gasteiger partial charge in [0.2, 0.25) is 0 Å². The lowest BCUT2D eigenvalue weighted by Crippen LogP contribution is -2.10. The summed E-state index contributed by atoms with van der Waals surface area (Å²) in [7, 11) is 0. The number of benzene rings is 1. The fourth-order valence-electron chi connectivity index (χ4n) is 1.25. The third-order valence-corrected chi connectivity index (χ3v) is 3.29. The van der Waals surface area contributed by atoms with Crippen LogP contribution in [-0.2, 0) is 11.3 Å². The zero-order chi connectivity index (χ0) is 11.1. The molecule has 0 aliphatic heterocycles. The van der Waals surface area contributed by atoms with Crippen LogP contribution in [0.4, 0.5) is 0 Å². The van der Waals surface area contributed by atoms with Gasteiger partial charge in [-0.2, -0.15) is 12.6 Å². The average molecular weight is 245 g/mol. The Balaban J connectivity index is 2.34. The normalized spacial score (nSPS) is 12.7. The highest BCUT2D eigenvalue weighted by atomic mass is 35.5. The molecule has 1 unspecified atom stereocenters. The number of ether oxygens (including phenoxy) is 1. The summed E-state index contributed by atoms with van der Waals surface area (Å²) in [5.74, 6) is 1.41. The number of thiol groups is 1. The Hall–Kier alpha value is -0.180. The quantitative estimate of drug-likeness (QED) is 0.749. The van der Waals surface area contributed by atoms with Crippen molar-refractivity contribution in [2.45, 2.75) is 20.0 Å². The van der Waals surface area contributed by atoms with Crippen LogP contribution in [0.3, 0.4) is 0 Å². The molecule has 0 radical (unpaired) electrons. The van der Waals surface area contributed by atoms with E-state index in [0.717, 1.165) is 29.4 Å². The van der Waals surface area contributed by atoms with Gasteiger partial charge >= 0.3 is 0 Å². The molecule has 1 aromatic carbocycles. The van der Waals surface area contributed by atoms with Crippen LogP contribution < -0.4 is 0 Å². The summed E-state index contributed by atoms with van der Waals surface area (Å²) < 4.78 is 5.61. The van der Waals surface area contributed by atoms with E-state index < -0.39 is 0 Å². The molecule has 0 fully saturated rings. The minimum atomic E-state index is 0.538. The van der Waals surface area contributed by atoms with E-state index in [4.69, 9.17) is 16.3 Å². The van der Waals surface area contributed by atoms with Crippen LogP contribution in [0.25, 0.3) is 0 Å². The van der Waals surface area contributed by atoms with Crippen molar-refractivity contribution >= 4 is 24.2 Å². The van der Waals surface area contributed by atoms with Crippen molar-refractivity contribution in [1.82, 2.24) is 0 Å². The van der Waals surface area contributed by atoms with Gasteiger partial charge in [-0.1, -0.05) is 43.1 Å². The van der Waals surface area contributed by atoms with Gasteiger partial charge in [-0.05, 0) is 23.3 Å². The molecule has 0 saturated carbocycles. The Kier molecular flexibility index (Phi) is 6.15. The molecule has 0 N–H and O–H groups in total. The molecular weight excluding hydrogens is 228 g/mol. The smallest absolute Gasteiger partial charge is 0.0731 e. The molecule has 0 bridgehead atoms. The number of rotatable bonds is 6. The molecule has 0 aromatic heterocycles. The van der Waals surface area contributed by atoms with Crippen LogP contribution in [0.15, 0.2) is 24.3 Å². The maximum Gasteiger partial charge on any atom is 0.0731 e. The summed E-state index contributed by atoms with van der Waals surface area (Å²) in [6.45, 7) is 3.49. The SMILES string of the molecule is CCC(CS)COCc1ccccc1Cl. The summed E-state index contributed by atoms with van der Waals surface area (Å²) in [6, 6.07) is 7.77. The molecule has 0 aliphatic rings. The van der Waals surface area contributed by atoms with Crippen molar-refractivity contribution in [3.8, 4) is 0 Å². The number of hydrogen-bond donors (Lipinski definition) is 1. The number of hydrogen-bond acceptors (Lipinski definition) is 2. The van der Waals surface area contributed by atoms with E-state index in [-0.39, 0.29) is 0 Å². The van der Waals surface area contributed by atoms with E-state index in [1.807, 2.05) is 24.3 Å². The van der Waals surface area contributed by atoms with E-state index in [2.05, 4.69) is 19.6 Å². The Labute approximate surface area is 102 Å². The van der Waals surface area contributed by atoms with Crippen LogP contribution in [-0.4, -0.2) is 12.4 Å². The van der Waals surface area contributed by atoms with E-state index in [1.54, 1.807) is 0 Å². The van der Waals surface area contributed by atoms with Gasteiger partial charge in [-0.3, -0.25) is 0 Å². The van der Waals surface area contributed by atoms with Crippen molar-refractivity contribution in [3.63, 3.8) is 0 Å². The van der Waals surface area contributed by atoms with Crippen molar-refractivity contribution in [3.05, 3.63) is 34.9 Å². The van der Waals surface area contributed by atoms with Crippen molar-refractivity contribution in [2.75, 3.05) is 12.4 Å². The Morgan fingerprint density at radius 2 is 2.13 bits per heavy atom. The van der Waals surface area contributed by atoms with Crippen LogP contribution in [0, 0.1) is 5.92 Å². The minimum absolute atomic E-state index is 0.538. The van der Waals surface area contributed by atoms with E-state index >= 15 is 0 Å². The first kappa shape index (κ1) is 12.9. The minimum Gasteiger partial charge on any atom is -0.376 e. The predicted octanol–water partition coefficient (Wildman–Crippen LogP) is 3.81. The zero-order valence-electron chi connectivity index (χ0n) is 8.95. The number of halogens is 1. The molecular formula is C12H17ClOS. The molecule has 1 aromatic rings. The first-order chi connectivity index (χ1) is 7.27. The highest BCUT2D eigenvalue weighted by Gasteiger charge is 2.04. The van der Waals surface area contributed by atoms with E-state index in [9.17, 15) is 0 Å². The second kappa shape index (κ2) is 7.15. The van der Waals surface area contributed by atoms with Gasteiger partial charge in [-0.25, -0.2) is 0 Å². The summed E-state index contributed by atoms with van der Waals surface area (Å²) in [4.78, 5) is 0. The highest BCUT2D eigenvalue weighted by molar-refractivity contribution is 7.80. The fraction of sp³-hybridized carbons (Fsp3) is 0.500. The molecule has 1 rings (SSSR count). The van der Waals surface area contributed by atoms with Crippen molar-refractivity contribution in [1.29, 1.82) is 0 Å². The fourth-order valence-corrected chi connectivity index (χ4v) is 1.80. The molecule has 1 atom stereocenters. The monoisotopic (exact) mass is 244 g/mol. The molecule has 0 heterocycles. The lowest BCUT2D eigenvalue weighted by Gasteiger charge is -2.12. The van der Waals surface area contributed by atoms with Crippen LogP contribution in [0.2, 0.25) is 5.02 Å². The molecule has 0 aliphatic carbocycles. The van der Waals surface area contributed by atoms with Gasteiger partial charge in [0.15, 0.2) is 0 Å². The maximum absolute atomic E-state index is 6.01. The van der Waals surface area contributed by atoms with E-state index in [1.165, 1.54) is 0 Å². The first-order valence-corrected chi connectivity index (χ1v) is 6.21. The lowest BCUT2D eigenvalue weighted by molar-refractivity contribution is 0.0925. The largest absolute Gasteiger partial charge is 0.376 e. The van der Waals surface area contributed by atoms with Gasteiger partial charge in [0.05, 0.1) is 13.2 Å². The lowest BCUT2D eigenvalue weighted by atomic mass is 10.1. The topological polar surface area (TPSA) is 9.23 Å². The summed E-state index contributed by atoms with van der Waals surface area (Å²) >= 11 is 10.3. The van der Waals surface area contributed by atoms with Crippen LogP contribution in [0.1, 0.15) is 18.9 Å². The third kappa shape index (κ3) is 4.45. The molecule has 0 saturated heterocycles. The molecule has 3 heteroatoms. The molecule has 0 spiro atoms. The summed E-state index contributed by atoms with van der Waals surface area (Å²) in [6.07, 6.45) is 1.10. The Morgan fingerprint density at radius 3 is 2.73 bits per heavy atom. The average Bonchev–Trinajstić information content (AvgIpc) is 2.27. The van der Waals surface area contributed by atoms with Gasteiger partial charge in [0.1, 0.15) is 0 Å². The standard InChI is InChI=1S/C12H17ClOS/c1-2-10(9-15)7-14-8-11-5-3-4-6-12(11)13/h3-6,10,15H,2,7-9H2,1H3. The van der Waals surface area contributed by atoms with Gasteiger partial charge < -0.3 is 4.74 Å². The van der Waals surface area contributed by atoms with Gasteiger partial charge in [-0.15, -0.1) is 0 Å². The summed E-state index contributed by atoms with van der Waals surface area (Å²) in [5, 5.41) is 0.774. The molecule has 84 valence electrons. The maximum atomic E-state index is 6.01. The van der Waals surface area contributed by atoms with Crippen LogP contribution >= 0.6 is 24.2 Å². The van der Waals surface area contributed by atoms with E-state index in [0.29, 0.717) is 12.5 Å². The van der Waals surface area contributed by atoms with Crippen molar-refractivity contribution in [2.24, 2.45) is 5.92 Å². The second-order valence-electron chi connectivity index (χ2n) is 3.56. The van der Waals surface area contributed by atoms with Crippen LogP contribution in [0.5, 0.6) is 0 Å². The Morgan fingerprint density at radius 1 is 1.40 bits per heavy atom. The zero-order valence-corrected chi connectivity index (χ0v) is 10.6. The predicted molar refractivity (Wildman–Crippen MR) is 68.7 cm³/mol. The highest BCUT2D eigenvalue weighted by Crippen LogP contribution is 2.16. The molecule has 1 nitrogen and oxygen atoms in total. The van der Waals surface area contributed by atoms with Gasteiger partial charge in [0, 0.05) is 5.02 Å². The van der Waals surface area contributed by atoms with Gasteiger partial charge in [0.25, 0.3) is 0 Å². The van der Waals surface area contributed by atoms with Crippen molar-refractivity contribution < 1.29 is 4.74 Å². The molecule has 15 heavy (non-hydrogen) atoms. The summed E-state index contributed by atoms with van der Waals surface area (Å²) in [5.41, 5.74) is 1.05.